The van der Waals surface area contributed by atoms with Crippen LogP contribution >= 0.6 is 0 Å². The first-order chi connectivity index (χ1) is 26.3. The van der Waals surface area contributed by atoms with Crippen molar-refractivity contribution >= 4 is 82.5 Å². The average Bonchev–Trinajstić information content (AvgIpc) is 3.78. The monoisotopic (exact) mass is 677 g/mol. The number of hydrogen-bond acceptors (Lipinski definition) is 3. The summed E-state index contributed by atoms with van der Waals surface area (Å²) in [6, 6.07) is 66.9. The quantitative estimate of drug-likeness (QED) is 0.182. The van der Waals surface area contributed by atoms with Crippen LogP contribution < -0.4 is 4.90 Å². The van der Waals surface area contributed by atoms with Gasteiger partial charge in [0.05, 0.1) is 11.4 Å². The fourth-order valence-corrected chi connectivity index (χ4v) is 8.11. The van der Waals surface area contributed by atoms with Crippen molar-refractivity contribution in [3.05, 3.63) is 188 Å². The fourth-order valence-electron chi connectivity index (χ4n) is 8.11. The van der Waals surface area contributed by atoms with Gasteiger partial charge in [-0.2, -0.15) is 0 Å². The molecule has 0 amide bonds. The van der Waals surface area contributed by atoms with Crippen molar-refractivity contribution in [1.82, 2.24) is 0 Å². The Kier molecular flexibility index (Phi) is 6.55. The lowest BCUT2D eigenvalue weighted by molar-refractivity contribution is 0.669. The lowest BCUT2D eigenvalue weighted by Crippen LogP contribution is -2.11. The van der Waals surface area contributed by atoms with E-state index in [4.69, 9.17) is 8.83 Å². The zero-order valence-corrected chi connectivity index (χ0v) is 28.7. The number of fused-ring (bicyclic) bond motifs is 8. The Bertz CT molecular complexity index is 3180. The van der Waals surface area contributed by atoms with Crippen molar-refractivity contribution < 1.29 is 8.83 Å². The first-order valence-corrected chi connectivity index (χ1v) is 18.0. The van der Waals surface area contributed by atoms with Gasteiger partial charge in [0.25, 0.3) is 0 Å². The maximum absolute atomic E-state index is 6.75. The van der Waals surface area contributed by atoms with Gasteiger partial charge in [-0.3, -0.25) is 0 Å². The van der Waals surface area contributed by atoms with E-state index >= 15 is 0 Å². The van der Waals surface area contributed by atoms with E-state index < -0.39 is 0 Å². The van der Waals surface area contributed by atoms with Crippen LogP contribution in [0.15, 0.2) is 197 Å². The Morgan fingerprint density at radius 3 is 1.81 bits per heavy atom. The molecule has 3 heteroatoms. The van der Waals surface area contributed by atoms with Crippen LogP contribution in [0.5, 0.6) is 0 Å². The van der Waals surface area contributed by atoms with Crippen molar-refractivity contribution in [3.8, 4) is 22.3 Å². The molecule has 11 aromatic rings. The van der Waals surface area contributed by atoms with E-state index in [0.29, 0.717) is 0 Å². The second-order valence-corrected chi connectivity index (χ2v) is 13.7. The highest BCUT2D eigenvalue weighted by Crippen LogP contribution is 2.46. The number of benzene rings is 9. The molecular weight excluding hydrogens is 647 g/mol. The molecule has 0 aliphatic carbocycles. The third-order valence-corrected chi connectivity index (χ3v) is 10.6. The molecule has 0 aliphatic heterocycles. The minimum atomic E-state index is 0.889. The SMILES string of the molecule is c1ccc(N(c2ccc(-c3ccc4oc5ccccc5c4c3)cc2)c2cccc3ccccc23)c(-c2cccc3c2oc2cc4ccccc4cc23)c1. The van der Waals surface area contributed by atoms with Gasteiger partial charge < -0.3 is 13.7 Å². The van der Waals surface area contributed by atoms with E-state index in [1.54, 1.807) is 0 Å². The summed E-state index contributed by atoms with van der Waals surface area (Å²) in [5.74, 6) is 0. The highest BCUT2D eigenvalue weighted by Gasteiger charge is 2.22. The minimum Gasteiger partial charge on any atom is -0.456 e. The van der Waals surface area contributed by atoms with E-state index in [1.807, 2.05) is 12.1 Å². The second-order valence-electron chi connectivity index (χ2n) is 13.7. The Morgan fingerprint density at radius 1 is 0.321 bits per heavy atom. The first-order valence-electron chi connectivity index (χ1n) is 18.0. The summed E-state index contributed by atoms with van der Waals surface area (Å²) in [6.45, 7) is 0. The molecule has 0 saturated carbocycles. The molecule has 0 radical (unpaired) electrons. The van der Waals surface area contributed by atoms with Crippen molar-refractivity contribution in [2.24, 2.45) is 0 Å². The molecule has 0 bridgehead atoms. The molecule has 0 saturated heterocycles. The van der Waals surface area contributed by atoms with Crippen LogP contribution in [0.1, 0.15) is 0 Å². The normalized spacial score (nSPS) is 11.8. The third-order valence-electron chi connectivity index (χ3n) is 10.6. The highest BCUT2D eigenvalue weighted by molar-refractivity contribution is 6.14. The van der Waals surface area contributed by atoms with Crippen LogP contribution in [0.25, 0.3) is 87.7 Å². The second kappa shape index (κ2) is 11.7. The van der Waals surface area contributed by atoms with E-state index in [2.05, 4.69) is 181 Å². The van der Waals surface area contributed by atoms with E-state index in [0.717, 1.165) is 83.2 Å². The van der Waals surface area contributed by atoms with Crippen molar-refractivity contribution in [2.75, 3.05) is 4.90 Å². The molecule has 9 aromatic carbocycles. The number of hydrogen-bond donors (Lipinski definition) is 0. The minimum absolute atomic E-state index is 0.889. The van der Waals surface area contributed by atoms with Crippen LogP contribution in [0, 0.1) is 0 Å². The summed E-state index contributed by atoms with van der Waals surface area (Å²) < 4.78 is 12.9. The van der Waals surface area contributed by atoms with E-state index in [1.165, 1.54) is 21.5 Å². The molecule has 2 heterocycles. The molecule has 2 aromatic heterocycles. The number of furan rings is 2. The fraction of sp³-hybridized carbons (Fsp3) is 0. The molecule has 0 unspecified atom stereocenters. The third kappa shape index (κ3) is 4.75. The predicted molar refractivity (Wildman–Crippen MR) is 222 cm³/mol. The van der Waals surface area contributed by atoms with Gasteiger partial charge in [0.1, 0.15) is 22.3 Å². The largest absolute Gasteiger partial charge is 0.456 e. The van der Waals surface area contributed by atoms with Gasteiger partial charge in [-0.1, -0.05) is 133 Å². The summed E-state index contributed by atoms with van der Waals surface area (Å²) in [4.78, 5) is 2.39. The molecular formula is C50H31NO2. The van der Waals surface area contributed by atoms with Gasteiger partial charge in [-0.25, -0.2) is 0 Å². The Labute approximate surface area is 305 Å². The van der Waals surface area contributed by atoms with Gasteiger partial charge in [0.15, 0.2) is 0 Å². The van der Waals surface area contributed by atoms with E-state index in [-0.39, 0.29) is 0 Å². The summed E-state index contributed by atoms with van der Waals surface area (Å²) in [5, 5.41) is 9.24. The van der Waals surface area contributed by atoms with Crippen LogP contribution in [0.2, 0.25) is 0 Å². The lowest BCUT2D eigenvalue weighted by atomic mass is 9.98. The van der Waals surface area contributed by atoms with Gasteiger partial charge in [-0.05, 0) is 81.9 Å². The molecule has 0 atom stereocenters. The zero-order valence-electron chi connectivity index (χ0n) is 28.7. The van der Waals surface area contributed by atoms with Gasteiger partial charge in [0.2, 0.25) is 0 Å². The summed E-state index contributed by atoms with van der Waals surface area (Å²) in [5.41, 5.74) is 11.3. The first kappa shape index (κ1) is 29.6. The van der Waals surface area contributed by atoms with Crippen LogP contribution in [0.4, 0.5) is 17.1 Å². The Morgan fingerprint density at radius 2 is 0.925 bits per heavy atom. The molecule has 3 nitrogen and oxygen atoms in total. The standard InChI is InChI=1S/C50H31NO2/c1-2-13-35-31-49-44(29-34(35)12-1)42-19-10-18-41(50(42)53-49)39-16-5-7-20-46(39)51(45-21-9-14-33-11-3-4-15-38(33)45)37-26-23-32(24-27-37)36-25-28-48-43(30-36)40-17-6-8-22-47(40)52-48/h1-31H. The summed E-state index contributed by atoms with van der Waals surface area (Å²) in [6.07, 6.45) is 0. The van der Waals surface area contributed by atoms with Crippen molar-refractivity contribution in [1.29, 1.82) is 0 Å². The molecule has 0 N–H and O–H groups in total. The van der Waals surface area contributed by atoms with Crippen LogP contribution in [0.3, 0.4) is 0 Å². The topological polar surface area (TPSA) is 29.5 Å². The maximum atomic E-state index is 6.75. The average molecular weight is 678 g/mol. The summed E-state index contributed by atoms with van der Waals surface area (Å²) >= 11 is 0. The molecule has 0 aliphatic rings. The highest BCUT2D eigenvalue weighted by atomic mass is 16.3. The van der Waals surface area contributed by atoms with Gasteiger partial charge in [0, 0.05) is 43.7 Å². The maximum Gasteiger partial charge on any atom is 0.143 e. The lowest BCUT2D eigenvalue weighted by Gasteiger charge is -2.29. The molecule has 0 spiro atoms. The molecule has 0 fully saturated rings. The van der Waals surface area contributed by atoms with Crippen LogP contribution in [-0.2, 0) is 0 Å². The predicted octanol–water partition coefficient (Wildman–Crippen LogP) is 14.6. The van der Waals surface area contributed by atoms with Gasteiger partial charge in [-0.15, -0.1) is 0 Å². The number of para-hydroxylation sites is 3. The molecule has 248 valence electrons. The summed E-state index contributed by atoms with van der Waals surface area (Å²) in [7, 11) is 0. The van der Waals surface area contributed by atoms with Gasteiger partial charge >= 0.3 is 0 Å². The van der Waals surface area contributed by atoms with Crippen LogP contribution in [-0.4, -0.2) is 0 Å². The van der Waals surface area contributed by atoms with Crippen molar-refractivity contribution in [3.63, 3.8) is 0 Å². The smallest absolute Gasteiger partial charge is 0.143 e. The van der Waals surface area contributed by atoms with Crippen molar-refractivity contribution in [2.45, 2.75) is 0 Å². The number of rotatable bonds is 5. The Balaban J connectivity index is 1.10. The zero-order chi connectivity index (χ0) is 34.9. The number of nitrogens with zero attached hydrogens (tertiary/aromatic N) is 1. The Hall–Kier alpha value is -7.10. The molecule has 11 rings (SSSR count). The molecule has 53 heavy (non-hydrogen) atoms. The number of anilines is 3. The van der Waals surface area contributed by atoms with E-state index in [9.17, 15) is 0 Å².